The van der Waals surface area contributed by atoms with E-state index in [1.54, 1.807) is 36.2 Å². The normalized spacial score (nSPS) is 22.7. The molecule has 0 saturated heterocycles. The van der Waals surface area contributed by atoms with Crippen LogP contribution in [0, 0.1) is 6.92 Å². The lowest BCUT2D eigenvalue weighted by Gasteiger charge is -2.27. The van der Waals surface area contributed by atoms with Gasteiger partial charge in [0.05, 0.1) is 17.3 Å². The zero-order valence-corrected chi connectivity index (χ0v) is 13.4. The van der Waals surface area contributed by atoms with E-state index in [1.807, 2.05) is 0 Å². The number of rotatable bonds is 3. The van der Waals surface area contributed by atoms with Crippen molar-refractivity contribution in [1.29, 1.82) is 0 Å². The minimum Gasteiger partial charge on any atom is -0.505 e. The van der Waals surface area contributed by atoms with E-state index < -0.39 is 12.1 Å². The maximum Gasteiger partial charge on any atom is 0.260 e. The molecule has 2 atom stereocenters. The van der Waals surface area contributed by atoms with Crippen molar-refractivity contribution < 1.29 is 19.4 Å². The third-order valence-electron chi connectivity index (χ3n) is 4.30. The van der Waals surface area contributed by atoms with Gasteiger partial charge in [0.1, 0.15) is 12.0 Å². The van der Waals surface area contributed by atoms with E-state index in [0.29, 0.717) is 23.2 Å². The lowest BCUT2D eigenvalue weighted by Crippen LogP contribution is -2.43. The molecular weight excluding hydrogens is 310 g/mol. The van der Waals surface area contributed by atoms with Gasteiger partial charge in [0.15, 0.2) is 0 Å². The van der Waals surface area contributed by atoms with Gasteiger partial charge in [-0.25, -0.2) is 0 Å². The van der Waals surface area contributed by atoms with Gasteiger partial charge in [-0.15, -0.1) is 0 Å². The summed E-state index contributed by atoms with van der Waals surface area (Å²) >= 11 is 0. The van der Waals surface area contributed by atoms with E-state index in [4.69, 9.17) is 10.5 Å². The number of hydrogen-bond acceptors (Lipinski definition) is 5. The Bertz CT molecular complexity index is 769. The van der Waals surface area contributed by atoms with Gasteiger partial charge in [0, 0.05) is 19.4 Å². The van der Waals surface area contributed by atoms with Crippen LogP contribution >= 0.6 is 0 Å². The standard InChI is InChI=1S/C17H19N3O4/c1-9-3-5-11-14(15(9)22)19-16(24-2)12-7-10(4-6-13(18)21)8-20(12)17(11)23/h3-6,8,12,16,19,22H,7H2,1-2H3,(H2,18,21)/b6-4-/t12-,16+/m0/s1. The second kappa shape index (κ2) is 6.01. The van der Waals surface area contributed by atoms with Crippen LogP contribution in [0.25, 0.3) is 0 Å². The number of nitrogens with one attached hydrogen (secondary N) is 1. The highest BCUT2D eigenvalue weighted by molar-refractivity contribution is 6.03. The predicted molar refractivity (Wildman–Crippen MR) is 88.3 cm³/mol. The molecule has 0 unspecified atom stereocenters. The monoisotopic (exact) mass is 329 g/mol. The predicted octanol–water partition coefficient (Wildman–Crippen LogP) is 1.24. The highest BCUT2D eigenvalue weighted by Gasteiger charge is 2.40. The molecular formula is C17H19N3O4. The zero-order chi connectivity index (χ0) is 17.4. The molecule has 126 valence electrons. The van der Waals surface area contributed by atoms with E-state index in [1.165, 1.54) is 13.2 Å². The number of amides is 2. The van der Waals surface area contributed by atoms with Crippen LogP contribution in [0.4, 0.5) is 5.69 Å². The highest BCUT2D eigenvalue weighted by atomic mass is 16.5. The van der Waals surface area contributed by atoms with Crippen molar-refractivity contribution in [2.45, 2.75) is 25.6 Å². The number of carbonyl (C=O) groups excluding carboxylic acids is 2. The van der Waals surface area contributed by atoms with Gasteiger partial charge in [-0.1, -0.05) is 12.1 Å². The van der Waals surface area contributed by atoms with Crippen LogP contribution < -0.4 is 11.1 Å². The Morgan fingerprint density at radius 1 is 1.50 bits per heavy atom. The molecule has 1 aromatic rings. The summed E-state index contributed by atoms with van der Waals surface area (Å²) in [5, 5.41) is 13.4. The van der Waals surface area contributed by atoms with Crippen molar-refractivity contribution in [3.63, 3.8) is 0 Å². The summed E-state index contributed by atoms with van der Waals surface area (Å²) in [6.07, 6.45) is 4.56. The van der Waals surface area contributed by atoms with Crippen LogP contribution in [-0.2, 0) is 9.53 Å². The Morgan fingerprint density at radius 3 is 2.92 bits per heavy atom. The van der Waals surface area contributed by atoms with Crippen LogP contribution in [0.2, 0.25) is 0 Å². The number of hydrogen-bond donors (Lipinski definition) is 3. The van der Waals surface area contributed by atoms with Crippen molar-refractivity contribution in [1.82, 2.24) is 4.90 Å². The fourth-order valence-corrected chi connectivity index (χ4v) is 3.04. The molecule has 0 spiro atoms. The van der Waals surface area contributed by atoms with Gasteiger partial charge in [-0.2, -0.15) is 0 Å². The minimum absolute atomic E-state index is 0.0434. The number of nitrogens with zero attached hydrogens (tertiary/aromatic N) is 1. The molecule has 2 aliphatic rings. The molecule has 4 N–H and O–H groups in total. The van der Waals surface area contributed by atoms with Crippen LogP contribution in [0.1, 0.15) is 22.3 Å². The average Bonchev–Trinajstić information content (AvgIpc) is 2.93. The van der Waals surface area contributed by atoms with Crippen molar-refractivity contribution in [3.8, 4) is 5.75 Å². The average molecular weight is 329 g/mol. The highest BCUT2D eigenvalue weighted by Crippen LogP contribution is 2.38. The van der Waals surface area contributed by atoms with Crippen molar-refractivity contribution >= 4 is 17.5 Å². The molecule has 0 aromatic heterocycles. The number of phenolic OH excluding ortho intramolecular Hbond substituents is 1. The van der Waals surface area contributed by atoms with E-state index in [-0.39, 0.29) is 17.7 Å². The van der Waals surface area contributed by atoms with Crippen LogP contribution in [0.15, 0.2) is 36.1 Å². The van der Waals surface area contributed by atoms with E-state index in [9.17, 15) is 14.7 Å². The van der Waals surface area contributed by atoms with Gasteiger partial charge >= 0.3 is 0 Å². The van der Waals surface area contributed by atoms with Gasteiger partial charge in [0.25, 0.3) is 5.91 Å². The van der Waals surface area contributed by atoms with Crippen LogP contribution in [-0.4, -0.2) is 41.2 Å². The maximum atomic E-state index is 12.9. The first kappa shape index (κ1) is 16.1. The Morgan fingerprint density at radius 2 is 2.25 bits per heavy atom. The Balaban J connectivity index is 2.04. The summed E-state index contributed by atoms with van der Waals surface area (Å²) in [5.41, 5.74) is 7.35. The summed E-state index contributed by atoms with van der Waals surface area (Å²) in [7, 11) is 1.54. The van der Waals surface area contributed by atoms with Crippen LogP contribution in [0.3, 0.4) is 0 Å². The van der Waals surface area contributed by atoms with E-state index in [2.05, 4.69) is 5.32 Å². The Labute approximate surface area is 139 Å². The lowest BCUT2D eigenvalue weighted by molar-refractivity contribution is -0.113. The van der Waals surface area contributed by atoms with Gasteiger partial charge < -0.3 is 25.8 Å². The fraction of sp³-hybridized carbons (Fsp3) is 0.294. The smallest absolute Gasteiger partial charge is 0.260 e. The molecule has 2 amide bonds. The van der Waals surface area contributed by atoms with Gasteiger partial charge in [-0.3, -0.25) is 9.59 Å². The second-order valence-corrected chi connectivity index (χ2v) is 5.88. The largest absolute Gasteiger partial charge is 0.505 e. The van der Waals surface area contributed by atoms with Gasteiger partial charge in [0.2, 0.25) is 5.91 Å². The molecule has 0 radical (unpaired) electrons. The number of primary amides is 1. The third kappa shape index (κ3) is 2.63. The first-order valence-corrected chi connectivity index (χ1v) is 7.55. The number of allylic oxidation sites excluding steroid dienone is 1. The van der Waals surface area contributed by atoms with Crippen molar-refractivity contribution in [2.24, 2.45) is 5.73 Å². The molecule has 3 rings (SSSR count). The topological polar surface area (TPSA) is 105 Å². The number of aryl methyl sites for hydroxylation is 1. The summed E-state index contributed by atoms with van der Waals surface area (Å²) in [6, 6.07) is 3.09. The first-order chi connectivity index (χ1) is 11.4. The maximum absolute atomic E-state index is 12.9. The number of fused-ring (bicyclic) bond motifs is 2. The second-order valence-electron chi connectivity index (χ2n) is 5.88. The number of phenols is 1. The molecule has 7 nitrogen and oxygen atoms in total. The molecule has 0 aliphatic carbocycles. The minimum atomic E-state index is -0.545. The number of methoxy groups -OCH3 is 1. The summed E-state index contributed by atoms with van der Waals surface area (Å²) in [6.45, 7) is 1.77. The van der Waals surface area contributed by atoms with Crippen molar-refractivity contribution in [2.75, 3.05) is 12.4 Å². The quantitative estimate of drug-likeness (QED) is 0.571. The summed E-state index contributed by atoms with van der Waals surface area (Å²) in [5.74, 6) is -0.738. The van der Waals surface area contributed by atoms with Crippen LogP contribution in [0.5, 0.6) is 5.75 Å². The molecule has 24 heavy (non-hydrogen) atoms. The Hall–Kier alpha value is -2.80. The molecule has 1 aromatic carbocycles. The number of nitrogens with two attached hydrogens (primary N) is 1. The number of aromatic hydroxyl groups is 1. The fourth-order valence-electron chi connectivity index (χ4n) is 3.04. The summed E-state index contributed by atoms with van der Waals surface area (Å²) in [4.78, 5) is 25.4. The molecule has 2 heterocycles. The van der Waals surface area contributed by atoms with Crippen molar-refractivity contribution in [3.05, 3.63) is 47.2 Å². The molecule has 0 fully saturated rings. The Kier molecular flexibility index (Phi) is 4.02. The number of ether oxygens (including phenoxy) is 1. The van der Waals surface area contributed by atoms with E-state index >= 15 is 0 Å². The molecule has 0 bridgehead atoms. The third-order valence-corrected chi connectivity index (χ3v) is 4.30. The number of anilines is 1. The molecule has 0 saturated carbocycles. The molecule has 2 aliphatic heterocycles. The first-order valence-electron chi connectivity index (χ1n) is 7.55. The number of benzene rings is 1. The van der Waals surface area contributed by atoms with Gasteiger partial charge in [-0.05, 0) is 30.5 Å². The SMILES string of the molecule is CO[C@H]1Nc2c(ccc(C)c2O)C(=O)N2C=C(/C=C\C(N)=O)C[C@@H]12. The summed E-state index contributed by atoms with van der Waals surface area (Å²) < 4.78 is 5.49. The van der Waals surface area contributed by atoms with E-state index in [0.717, 1.165) is 5.57 Å². The molecule has 7 heteroatoms. The zero-order valence-electron chi connectivity index (χ0n) is 13.4. The lowest BCUT2D eigenvalue weighted by atomic mass is 10.1. The number of carbonyl (C=O) groups is 2.